The van der Waals surface area contributed by atoms with Crippen molar-refractivity contribution in [2.75, 3.05) is 6.54 Å². The molecule has 0 radical (unpaired) electrons. The van der Waals surface area contributed by atoms with Crippen LogP contribution in [0, 0.1) is 19.3 Å². The number of hydrogen-bond acceptors (Lipinski definition) is 4. The Morgan fingerprint density at radius 1 is 1.36 bits per heavy atom. The standard InChI is InChI=1S/C19H28N4O2/c1-12-8-13(2)22(18(25)21-12)11-17(24)23-14-9-19(3)15(20-10-14)6-4-5-7-16(19)23/h8,14-16,20H,4-7,9-11H2,1-3H3/t14-,15+,16-,19+/m0/s1. The molecule has 0 spiro atoms. The van der Waals surface area contributed by atoms with Crippen LogP contribution in [0.3, 0.4) is 0 Å². The van der Waals surface area contributed by atoms with Crippen molar-refractivity contribution in [2.45, 2.75) is 77.5 Å². The smallest absolute Gasteiger partial charge is 0.333 e. The summed E-state index contributed by atoms with van der Waals surface area (Å²) in [7, 11) is 0. The minimum Gasteiger partial charge on any atom is -0.333 e. The number of aromatic nitrogens is 2. The molecule has 3 aliphatic rings. The van der Waals surface area contributed by atoms with Crippen LogP contribution in [0.1, 0.15) is 50.4 Å². The molecule has 3 fully saturated rings. The number of amides is 1. The van der Waals surface area contributed by atoms with E-state index in [-0.39, 0.29) is 29.6 Å². The van der Waals surface area contributed by atoms with Crippen molar-refractivity contribution >= 4 is 5.91 Å². The molecule has 1 N–H and O–H groups in total. The van der Waals surface area contributed by atoms with Crippen LogP contribution in [0.25, 0.3) is 0 Å². The Balaban J connectivity index is 1.63. The second-order valence-corrected chi connectivity index (χ2v) is 8.33. The second-order valence-electron chi connectivity index (χ2n) is 8.33. The lowest BCUT2D eigenvalue weighted by molar-refractivity contribution is -0.135. The van der Waals surface area contributed by atoms with Crippen LogP contribution in [0.5, 0.6) is 0 Å². The van der Waals surface area contributed by atoms with Crippen LogP contribution in [0.4, 0.5) is 0 Å². The average Bonchev–Trinajstić information content (AvgIpc) is 2.66. The number of carbonyl (C=O) groups is 1. The highest BCUT2D eigenvalue weighted by atomic mass is 16.2. The van der Waals surface area contributed by atoms with Crippen LogP contribution in [-0.2, 0) is 11.3 Å². The first-order valence-electron chi connectivity index (χ1n) is 9.50. The van der Waals surface area contributed by atoms with Crippen LogP contribution < -0.4 is 11.0 Å². The van der Waals surface area contributed by atoms with E-state index < -0.39 is 0 Å². The van der Waals surface area contributed by atoms with Crippen molar-refractivity contribution in [3.8, 4) is 0 Å². The van der Waals surface area contributed by atoms with E-state index in [9.17, 15) is 9.59 Å². The number of likely N-dealkylation sites (tertiary alicyclic amines) is 1. The topological polar surface area (TPSA) is 67.2 Å². The lowest BCUT2D eigenvalue weighted by atomic mass is 9.72. The Labute approximate surface area is 148 Å². The van der Waals surface area contributed by atoms with Crippen molar-refractivity contribution < 1.29 is 4.79 Å². The summed E-state index contributed by atoms with van der Waals surface area (Å²) in [6.45, 7) is 7.01. The number of aryl methyl sites for hydroxylation is 2. The number of nitrogens with one attached hydrogen (secondary N) is 1. The van der Waals surface area contributed by atoms with Gasteiger partial charge in [0.2, 0.25) is 5.91 Å². The zero-order valence-electron chi connectivity index (χ0n) is 15.4. The molecule has 2 aliphatic heterocycles. The van der Waals surface area contributed by atoms with E-state index in [2.05, 4.69) is 22.1 Å². The number of carbonyl (C=O) groups excluding carboxylic acids is 1. The molecular formula is C19H28N4O2. The van der Waals surface area contributed by atoms with Crippen molar-refractivity contribution in [3.63, 3.8) is 0 Å². The van der Waals surface area contributed by atoms with Gasteiger partial charge >= 0.3 is 5.69 Å². The van der Waals surface area contributed by atoms with E-state index in [4.69, 9.17) is 0 Å². The van der Waals surface area contributed by atoms with Crippen molar-refractivity contribution in [1.29, 1.82) is 0 Å². The second kappa shape index (κ2) is 5.94. The summed E-state index contributed by atoms with van der Waals surface area (Å²) in [4.78, 5) is 31.6. The molecule has 25 heavy (non-hydrogen) atoms. The molecule has 2 saturated heterocycles. The van der Waals surface area contributed by atoms with Gasteiger partial charge < -0.3 is 10.2 Å². The third-order valence-electron chi connectivity index (χ3n) is 6.71. The number of piperidine rings is 1. The van der Waals surface area contributed by atoms with Gasteiger partial charge in [0, 0.05) is 41.5 Å². The molecule has 136 valence electrons. The van der Waals surface area contributed by atoms with Crippen molar-refractivity contribution in [3.05, 3.63) is 27.9 Å². The first-order valence-corrected chi connectivity index (χ1v) is 9.50. The Bertz CT molecular complexity index is 758. The van der Waals surface area contributed by atoms with E-state index in [1.54, 1.807) is 0 Å². The maximum atomic E-state index is 13.2. The largest absolute Gasteiger partial charge is 0.348 e. The normalized spacial score (nSPS) is 34.0. The molecule has 4 atom stereocenters. The summed E-state index contributed by atoms with van der Waals surface area (Å²) in [6.07, 6.45) is 5.79. The Morgan fingerprint density at radius 3 is 2.88 bits per heavy atom. The fourth-order valence-electron chi connectivity index (χ4n) is 5.52. The molecule has 0 aromatic carbocycles. The predicted octanol–water partition coefficient (Wildman–Crippen LogP) is 1.38. The highest BCUT2D eigenvalue weighted by Gasteiger charge is 2.57. The van der Waals surface area contributed by atoms with E-state index in [0.29, 0.717) is 17.8 Å². The van der Waals surface area contributed by atoms with Crippen molar-refractivity contribution in [2.24, 2.45) is 5.41 Å². The van der Waals surface area contributed by atoms with Gasteiger partial charge in [-0.05, 0) is 39.2 Å². The molecule has 6 nitrogen and oxygen atoms in total. The monoisotopic (exact) mass is 344 g/mol. The number of nitrogens with zero attached hydrogens (tertiary/aromatic N) is 3. The van der Waals surface area contributed by atoms with Crippen LogP contribution in [0.15, 0.2) is 10.9 Å². The van der Waals surface area contributed by atoms with E-state index in [0.717, 1.165) is 25.1 Å². The van der Waals surface area contributed by atoms with Gasteiger partial charge in [0.25, 0.3) is 0 Å². The molecule has 1 saturated carbocycles. The third-order valence-corrected chi connectivity index (χ3v) is 6.71. The maximum Gasteiger partial charge on any atom is 0.348 e. The fourth-order valence-corrected chi connectivity index (χ4v) is 5.52. The van der Waals surface area contributed by atoms with Crippen LogP contribution in [-0.4, -0.2) is 45.0 Å². The van der Waals surface area contributed by atoms with Gasteiger partial charge in [-0.3, -0.25) is 9.36 Å². The van der Waals surface area contributed by atoms with Gasteiger partial charge in [-0.15, -0.1) is 0 Å². The number of fused-ring (bicyclic) bond motifs is 1. The van der Waals surface area contributed by atoms with Gasteiger partial charge in [-0.2, -0.15) is 4.98 Å². The molecule has 1 aromatic heterocycles. The fraction of sp³-hybridized carbons (Fsp3) is 0.737. The van der Waals surface area contributed by atoms with E-state index in [1.807, 2.05) is 19.9 Å². The summed E-state index contributed by atoms with van der Waals surface area (Å²) < 4.78 is 1.52. The highest BCUT2D eigenvalue weighted by molar-refractivity contribution is 5.77. The quantitative estimate of drug-likeness (QED) is 0.880. The molecular weight excluding hydrogens is 316 g/mol. The van der Waals surface area contributed by atoms with Gasteiger partial charge in [0.05, 0.1) is 0 Å². The van der Waals surface area contributed by atoms with Gasteiger partial charge in [0.1, 0.15) is 6.54 Å². The minimum absolute atomic E-state index is 0.0685. The van der Waals surface area contributed by atoms with Gasteiger partial charge in [-0.1, -0.05) is 19.8 Å². The molecule has 6 heteroatoms. The Kier molecular flexibility index (Phi) is 3.98. The number of hydrogen-bond donors (Lipinski definition) is 1. The van der Waals surface area contributed by atoms with Crippen molar-refractivity contribution in [1.82, 2.24) is 19.8 Å². The lowest BCUT2D eigenvalue weighted by Crippen LogP contribution is -2.51. The molecule has 1 aliphatic carbocycles. The average molecular weight is 344 g/mol. The predicted molar refractivity (Wildman–Crippen MR) is 95.4 cm³/mol. The summed E-state index contributed by atoms with van der Waals surface area (Å²) in [6, 6.07) is 2.93. The molecule has 4 rings (SSSR count). The lowest BCUT2D eigenvalue weighted by Gasteiger charge is -2.39. The van der Waals surface area contributed by atoms with E-state index >= 15 is 0 Å². The SMILES string of the molecule is Cc1cc(C)n(CC(=O)N2[C@@H]3CN[C@@H]4CCCC[C@H]2[C@]4(C)C3)c(=O)n1. The van der Waals surface area contributed by atoms with Gasteiger partial charge in [0.15, 0.2) is 0 Å². The first-order chi connectivity index (χ1) is 11.9. The highest BCUT2D eigenvalue weighted by Crippen LogP contribution is 2.50. The summed E-state index contributed by atoms with van der Waals surface area (Å²) >= 11 is 0. The number of rotatable bonds is 2. The summed E-state index contributed by atoms with van der Waals surface area (Å²) in [5.74, 6) is 0.0685. The summed E-state index contributed by atoms with van der Waals surface area (Å²) in [5.41, 5.74) is 1.35. The Morgan fingerprint density at radius 2 is 2.12 bits per heavy atom. The zero-order chi connectivity index (χ0) is 17.8. The van der Waals surface area contributed by atoms with E-state index in [1.165, 1.54) is 23.8 Å². The minimum atomic E-state index is -0.323. The van der Waals surface area contributed by atoms with Crippen LogP contribution >= 0.6 is 0 Å². The zero-order valence-corrected chi connectivity index (χ0v) is 15.4. The maximum absolute atomic E-state index is 13.2. The van der Waals surface area contributed by atoms with Gasteiger partial charge in [-0.25, -0.2) is 4.79 Å². The van der Waals surface area contributed by atoms with Crippen LogP contribution in [0.2, 0.25) is 0 Å². The first kappa shape index (κ1) is 16.8. The summed E-state index contributed by atoms with van der Waals surface area (Å²) in [5, 5.41) is 3.70. The molecule has 1 amide bonds. The molecule has 2 bridgehead atoms. The molecule has 0 unspecified atom stereocenters. The molecule has 1 aromatic rings. The Hall–Kier alpha value is -1.69. The third kappa shape index (κ3) is 2.62. The molecule has 3 heterocycles.